The highest BCUT2D eigenvalue weighted by atomic mass is 35.5. The monoisotopic (exact) mass is 357 g/mol. The average Bonchev–Trinajstić information content (AvgIpc) is 2.67. The Hall–Kier alpha value is -1.84. The zero-order chi connectivity index (χ0) is 17.6. The van der Waals surface area contributed by atoms with Crippen LogP contribution in [0.15, 0.2) is 54.6 Å². The summed E-state index contributed by atoms with van der Waals surface area (Å²) in [6, 6.07) is 18.0. The van der Waals surface area contributed by atoms with Crippen molar-refractivity contribution in [3.05, 3.63) is 70.7 Å². The molecule has 0 bridgehead atoms. The molecule has 2 aromatic carbocycles. The van der Waals surface area contributed by atoms with Crippen molar-refractivity contribution in [1.29, 1.82) is 0 Å². The molecule has 4 heteroatoms. The summed E-state index contributed by atoms with van der Waals surface area (Å²) < 4.78 is 5.40. The molecule has 0 radical (unpaired) electrons. The van der Waals surface area contributed by atoms with E-state index < -0.39 is 0 Å². The highest BCUT2D eigenvalue weighted by molar-refractivity contribution is 6.30. The molecule has 1 aliphatic rings. The fourth-order valence-electron chi connectivity index (χ4n) is 3.45. The van der Waals surface area contributed by atoms with E-state index >= 15 is 0 Å². The predicted molar refractivity (Wildman–Crippen MR) is 101 cm³/mol. The van der Waals surface area contributed by atoms with Crippen LogP contribution in [0.25, 0.3) is 0 Å². The Kier molecular flexibility index (Phi) is 6.11. The van der Waals surface area contributed by atoms with Gasteiger partial charge in [-0.15, -0.1) is 0 Å². The van der Waals surface area contributed by atoms with Crippen LogP contribution in [-0.4, -0.2) is 37.1 Å². The van der Waals surface area contributed by atoms with Crippen LogP contribution in [0.2, 0.25) is 5.02 Å². The van der Waals surface area contributed by atoms with Crippen LogP contribution in [0.3, 0.4) is 0 Å². The first kappa shape index (κ1) is 18.0. The molecule has 132 valence electrons. The van der Waals surface area contributed by atoms with Crippen molar-refractivity contribution in [3.8, 4) is 0 Å². The zero-order valence-corrected chi connectivity index (χ0v) is 15.3. The first-order valence-corrected chi connectivity index (χ1v) is 9.16. The highest BCUT2D eigenvalue weighted by Crippen LogP contribution is 2.30. The largest absolute Gasteiger partial charge is 0.381 e. The van der Waals surface area contributed by atoms with E-state index in [0.29, 0.717) is 11.4 Å². The van der Waals surface area contributed by atoms with Gasteiger partial charge in [0.25, 0.3) is 0 Å². The second kappa shape index (κ2) is 8.50. The number of halogens is 1. The summed E-state index contributed by atoms with van der Waals surface area (Å²) >= 11 is 6.03. The fourth-order valence-corrected chi connectivity index (χ4v) is 3.58. The van der Waals surface area contributed by atoms with Gasteiger partial charge in [-0.1, -0.05) is 54.1 Å². The van der Waals surface area contributed by atoms with Gasteiger partial charge in [-0.25, -0.2) is 0 Å². The number of likely N-dealkylation sites (tertiary alicyclic amines) is 1. The Labute approximate surface area is 154 Å². The summed E-state index contributed by atoms with van der Waals surface area (Å²) in [6.45, 7) is 1.55. The number of piperidine rings is 1. The maximum absolute atomic E-state index is 12.9. The summed E-state index contributed by atoms with van der Waals surface area (Å²) in [6.07, 6.45) is 2.59. The summed E-state index contributed by atoms with van der Waals surface area (Å²) in [4.78, 5) is 14.8. The van der Waals surface area contributed by atoms with Crippen LogP contribution in [-0.2, 0) is 9.53 Å². The van der Waals surface area contributed by atoms with Crippen molar-refractivity contribution in [2.75, 3.05) is 20.2 Å². The van der Waals surface area contributed by atoms with Crippen LogP contribution in [0, 0.1) is 0 Å². The molecule has 0 aromatic heterocycles. The number of benzene rings is 2. The van der Waals surface area contributed by atoms with Crippen molar-refractivity contribution >= 4 is 17.5 Å². The van der Waals surface area contributed by atoms with Gasteiger partial charge in [0.2, 0.25) is 5.91 Å². The number of ether oxygens (including phenoxy) is 1. The Bertz CT molecular complexity index is 679. The van der Waals surface area contributed by atoms with Crippen LogP contribution in [0.5, 0.6) is 0 Å². The normalized spacial score (nSPS) is 16.6. The molecule has 3 nitrogen and oxygen atoms in total. The van der Waals surface area contributed by atoms with Gasteiger partial charge in [0.05, 0.1) is 6.10 Å². The lowest BCUT2D eigenvalue weighted by molar-refractivity contribution is -0.133. The molecule has 3 rings (SSSR count). The Morgan fingerprint density at radius 2 is 1.68 bits per heavy atom. The second-order valence-corrected chi connectivity index (χ2v) is 6.97. The second-order valence-electron chi connectivity index (χ2n) is 6.53. The van der Waals surface area contributed by atoms with E-state index in [-0.39, 0.29) is 17.9 Å². The molecule has 25 heavy (non-hydrogen) atoms. The van der Waals surface area contributed by atoms with Crippen LogP contribution >= 0.6 is 11.6 Å². The van der Waals surface area contributed by atoms with E-state index in [1.54, 1.807) is 7.11 Å². The molecule has 2 aromatic rings. The average molecular weight is 358 g/mol. The van der Waals surface area contributed by atoms with Crippen molar-refractivity contribution in [2.24, 2.45) is 0 Å². The van der Waals surface area contributed by atoms with Crippen molar-refractivity contribution in [2.45, 2.75) is 31.3 Å². The number of methoxy groups -OCH3 is 1. The minimum Gasteiger partial charge on any atom is -0.381 e. The molecule has 1 fully saturated rings. The number of rotatable bonds is 5. The molecule has 1 heterocycles. The molecule has 1 saturated heterocycles. The van der Waals surface area contributed by atoms with Crippen molar-refractivity contribution in [3.63, 3.8) is 0 Å². The fraction of sp³-hybridized carbons (Fsp3) is 0.381. The molecule has 0 aliphatic carbocycles. The van der Waals surface area contributed by atoms with Gasteiger partial charge < -0.3 is 9.64 Å². The molecule has 0 unspecified atom stereocenters. The van der Waals surface area contributed by atoms with Crippen LogP contribution in [0.4, 0.5) is 0 Å². The van der Waals surface area contributed by atoms with E-state index in [1.807, 2.05) is 47.4 Å². The van der Waals surface area contributed by atoms with Crippen molar-refractivity contribution < 1.29 is 9.53 Å². The molecular weight excluding hydrogens is 334 g/mol. The van der Waals surface area contributed by atoms with Gasteiger partial charge in [-0.2, -0.15) is 0 Å². The lowest BCUT2D eigenvalue weighted by atomic mass is 9.88. The number of nitrogens with zero attached hydrogens (tertiary/aromatic N) is 1. The summed E-state index contributed by atoms with van der Waals surface area (Å²) in [5, 5.41) is 0.712. The smallest absolute Gasteiger partial charge is 0.223 e. The van der Waals surface area contributed by atoms with Crippen LogP contribution < -0.4 is 0 Å². The molecule has 1 atom stereocenters. The topological polar surface area (TPSA) is 29.5 Å². The Morgan fingerprint density at radius 3 is 2.28 bits per heavy atom. The van der Waals surface area contributed by atoms with Gasteiger partial charge >= 0.3 is 0 Å². The van der Waals surface area contributed by atoms with E-state index in [2.05, 4.69) is 12.1 Å². The van der Waals surface area contributed by atoms with E-state index in [9.17, 15) is 4.79 Å². The SMILES string of the molecule is COC1CCN(C(=O)C[C@@H](c2ccccc2)c2ccc(Cl)cc2)CC1. The lowest BCUT2D eigenvalue weighted by Gasteiger charge is -2.32. The van der Waals surface area contributed by atoms with Gasteiger partial charge in [0.1, 0.15) is 0 Å². The third-order valence-electron chi connectivity index (χ3n) is 4.98. The third kappa shape index (κ3) is 4.62. The van der Waals surface area contributed by atoms with E-state index in [4.69, 9.17) is 16.3 Å². The molecular formula is C21H24ClNO2. The summed E-state index contributed by atoms with van der Waals surface area (Å²) in [5.41, 5.74) is 2.28. The van der Waals surface area contributed by atoms with Gasteiger partial charge in [-0.05, 0) is 36.1 Å². The first-order chi connectivity index (χ1) is 12.2. The van der Waals surface area contributed by atoms with E-state index in [1.165, 1.54) is 0 Å². The standard InChI is InChI=1S/C21H24ClNO2/c1-25-19-11-13-23(14-12-19)21(24)15-20(16-5-3-2-4-6-16)17-7-9-18(22)10-8-17/h2-10,19-20H,11-15H2,1H3/t20-/m0/s1. The van der Waals surface area contributed by atoms with Gasteiger partial charge in [-0.3, -0.25) is 4.79 Å². The Morgan fingerprint density at radius 1 is 1.08 bits per heavy atom. The summed E-state index contributed by atoms with van der Waals surface area (Å²) in [7, 11) is 1.74. The summed E-state index contributed by atoms with van der Waals surface area (Å²) in [5.74, 6) is 0.254. The number of amides is 1. The van der Waals surface area contributed by atoms with Crippen LogP contribution in [0.1, 0.15) is 36.3 Å². The maximum atomic E-state index is 12.9. The van der Waals surface area contributed by atoms with E-state index in [0.717, 1.165) is 37.1 Å². The number of hydrogen-bond acceptors (Lipinski definition) is 2. The van der Waals surface area contributed by atoms with Gasteiger partial charge in [0, 0.05) is 37.6 Å². The molecule has 0 N–H and O–H groups in total. The molecule has 0 saturated carbocycles. The number of carbonyl (C=O) groups is 1. The third-order valence-corrected chi connectivity index (χ3v) is 5.23. The number of hydrogen-bond donors (Lipinski definition) is 0. The molecule has 1 amide bonds. The molecule has 0 spiro atoms. The quantitative estimate of drug-likeness (QED) is 0.788. The molecule has 1 aliphatic heterocycles. The minimum absolute atomic E-state index is 0.0473. The first-order valence-electron chi connectivity index (χ1n) is 8.78. The zero-order valence-electron chi connectivity index (χ0n) is 14.5. The minimum atomic E-state index is 0.0473. The lowest BCUT2D eigenvalue weighted by Crippen LogP contribution is -2.41. The highest BCUT2D eigenvalue weighted by Gasteiger charge is 2.26. The predicted octanol–water partition coefficient (Wildman–Crippen LogP) is 4.50. The maximum Gasteiger partial charge on any atom is 0.223 e. The van der Waals surface area contributed by atoms with Gasteiger partial charge in [0.15, 0.2) is 0 Å². The number of carbonyl (C=O) groups excluding carboxylic acids is 1. The van der Waals surface area contributed by atoms with Crippen molar-refractivity contribution in [1.82, 2.24) is 4.90 Å². The Balaban J connectivity index is 1.76.